The molecule has 0 aliphatic carbocycles. The van der Waals surface area contributed by atoms with Crippen molar-refractivity contribution in [1.29, 1.82) is 0 Å². The third-order valence-electron chi connectivity index (χ3n) is 8.22. The molecule has 0 bridgehead atoms. The van der Waals surface area contributed by atoms with E-state index in [1.54, 1.807) is 0 Å². The molecule has 0 atom stereocenters. The molecule has 0 aromatic heterocycles. The average molecular weight is 845 g/mol. The van der Waals surface area contributed by atoms with E-state index in [0.717, 1.165) is 24.3 Å². The Morgan fingerprint density at radius 1 is 0.491 bits per heavy atom. The van der Waals surface area contributed by atoms with Gasteiger partial charge in [0, 0.05) is 0 Å². The number of hydrogen-bond donors (Lipinski definition) is 2. The third kappa shape index (κ3) is 8.78. The van der Waals surface area contributed by atoms with Gasteiger partial charge in [-0.25, -0.2) is 16.8 Å². The van der Waals surface area contributed by atoms with E-state index in [1.165, 1.54) is 52.0 Å². The fraction of sp³-hybridized carbons (Fsp3) is 0.273. The van der Waals surface area contributed by atoms with Gasteiger partial charge in [-0.1, -0.05) is 48.5 Å². The zero-order chi connectivity index (χ0) is 40.3. The first kappa shape index (κ1) is 48.5. The number of aromatic hydroxyl groups is 2. The SMILES string of the molecule is Cc1cc(C(c2ccc(OC(F)(F)C(F)(F)S(=O)(=O)[O-])cc2)(c2ccc(OC(F)(F)C(F)(F)S(=O)(=O)[O-])cc2)c2cc(C)c(O)c(C)c2)cc(C)c1O.[Na+].[Na+]. The van der Waals surface area contributed by atoms with Gasteiger partial charge in [0.25, 0.3) is 0 Å². The standard InChI is InChI=1S/C33H28F8O10S2.2Na/c1-17-13-23(14-18(2)27(17)42)29(24-15-19(3)28(43)20(4)16-24,21-5-9-25(10-6-21)50-30(34,35)32(38,39)52(44,45)46)22-7-11-26(12-8-22)51-31(36,37)33(40,41)53(47,48)49;;/h5-16,42-43H,1-4H3,(H,44,45,46)(H,47,48,49);;/q;2*+1/p-2. The maximum Gasteiger partial charge on any atom is 1.00 e. The minimum Gasteiger partial charge on any atom is -0.743 e. The van der Waals surface area contributed by atoms with Gasteiger partial charge >= 0.3 is 81.8 Å². The summed E-state index contributed by atoms with van der Waals surface area (Å²) in [6.07, 6.45) is -11.7. The van der Waals surface area contributed by atoms with Crippen molar-refractivity contribution in [3.05, 3.63) is 117 Å². The summed E-state index contributed by atoms with van der Waals surface area (Å²) in [5, 5.41) is 8.81. The molecule has 0 aliphatic rings. The van der Waals surface area contributed by atoms with Crippen molar-refractivity contribution in [3.8, 4) is 23.0 Å². The van der Waals surface area contributed by atoms with Crippen LogP contribution in [0.15, 0.2) is 72.8 Å². The van der Waals surface area contributed by atoms with Gasteiger partial charge in [0.1, 0.15) is 23.0 Å². The molecule has 4 rings (SSSR count). The molecule has 0 saturated heterocycles. The number of alkyl halides is 8. The van der Waals surface area contributed by atoms with Crippen LogP contribution < -0.4 is 68.6 Å². The summed E-state index contributed by atoms with van der Waals surface area (Å²) in [4.78, 5) is 0. The summed E-state index contributed by atoms with van der Waals surface area (Å²) in [6.45, 7) is 5.99. The maximum atomic E-state index is 14.3. The van der Waals surface area contributed by atoms with Gasteiger partial charge in [0.05, 0.1) is 5.41 Å². The number of phenolic OH excluding ortho intramolecular Hbond substituents is 2. The first-order valence-corrected chi connectivity index (χ1v) is 17.5. The second kappa shape index (κ2) is 16.3. The van der Waals surface area contributed by atoms with Gasteiger partial charge in [-0.2, -0.15) is 35.1 Å². The molecule has 0 fully saturated rings. The summed E-state index contributed by atoms with van der Waals surface area (Å²) < 4.78 is 186. The summed E-state index contributed by atoms with van der Waals surface area (Å²) in [5.74, 6) is -2.46. The predicted octanol–water partition coefficient (Wildman–Crippen LogP) is 0.941. The Morgan fingerprint density at radius 3 is 0.945 bits per heavy atom. The van der Waals surface area contributed by atoms with Gasteiger partial charge in [0.15, 0.2) is 20.2 Å². The van der Waals surface area contributed by atoms with E-state index in [1.807, 2.05) is 0 Å². The molecule has 0 spiro atoms. The number of ether oxygens (including phenoxy) is 2. The van der Waals surface area contributed by atoms with Crippen LogP contribution in [0.25, 0.3) is 0 Å². The van der Waals surface area contributed by atoms with Crippen molar-refractivity contribution >= 4 is 20.2 Å². The summed E-state index contributed by atoms with van der Waals surface area (Å²) >= 11 is 0. The molecule has 22 heteroatoms. The van der Waals surface area contributed by atoms with Crippen LogP contribution in [0.1, 0.15) is 44.5 Å². The van der Waals surface area contributed by atoms with Gasteiger partial charge in [-0.3, -0.25) is 0 Å². The molecular formula is C33H26F8Na2O10S2. The van der Waals surface area contributed by atoms with Gasteiger partial charge < -0.3 is 28.8 Å². The Hall–Kier alpha value is -2.66. The van der Waals surface area contributed by atoms with Crippen molar-refractivity contribution in [2.75, 3.05) is 0 Å². The zero-order valence-electron chi connectivity index (χ0n) is 29.4. The fourth-order valence-corrected chi connectivity index (χ4v) is 6.26. The van der Waals surface area contributed by atoms with Gasteiger partial charge in [0.2, 0.25) is 0 Å². The van der Waals surface area contributed by atoms with E-state index < -0.39 is 59.9 Å². The normalized spacial score (nSPS) is 13.1. The molecule has 0 amide bonds. The quantitative estimate of drug-likeness (QED) is 0.0906. The predicted molar refractivity (Wildman–Crippen MR) is 167 cm³/mol. The number of aryl methyl sites for hydroxylation is 4. The van der Waals surface area contributed by atoms with Gasteiger partial charge in [-0.15, -0.1) is 0 Å². The molecule has 0 radical (unpaired) electrons. The molecule has 288 valence electrons. The van der Waals surface area contributed by atoms with Crippen LogP contribution in [-0.2, 0) is 25.7 Å². The molecule has 0 heterocycles. The van der Waals surface area contributed by atoms with Gasteiger partial charge in [-0.05, 0) is 96.5 Å². The molecular weight excluding hydrogens is 818 g/mol. The number of halogens is 8. The second-order valence-electron chi connectivity index (χ2n) is 11.9. The largest absolute Gasteiger partial charge is 1.00 e. The Morgan fingerprint density at radius 2 is 0.727 bits per heavy atom. The van der Waals surface area contributed by atoms with E-state index in [0.29, 0.717) is 24.3 Å². The maximum absolute atomic E-state index is 14.3. The van der Waals surface area contributed by atoms with Crippen LogP contribution in [-0.4, -0.2) is 58.9 Å². The van der Waals surface area contributed by atoms with Crippen molar-refractivity contribution in [2.24, 2.45) is 0 Å². The molecule has 2 N–H and O–H groups in total. The van der Waals surface area contributed by atoms with Crippen LogP contribution in [0.3, 0.4) is 0 Å². The molecule has 0 aliphatic heterocycles. The monoisotopic (exact) mass is 844 g/mol. The summed E-state index contributed by atoms with van der Waals surface area (Å²) in [5.41, 5.74) is -0.200. The second-order valence-corrected chi connectivity index (χ2v) is 14.7. The summed E-state index contributed by atoms with van der Waals surface area (Å²) in [7, 11) is -13.8. The smallest absolute Gasteiger partial charge is 0.743 e. The molecule has 4 aromatic rings. The third-order valence-corrected chi connectivity index (χ3v) is 9.95. The zero-order valence-corrected chi connectivity index (χ0v) is 35.1. The van der Waals surface area contributed by atoms with Crippen LogP contribution in [0.2, 0.25) is 0 Å². The molecule has 55 heavy (non-hydrogen) atoms. The van der Waals surface area contributed by atoms with Crippen molar-refractivity contribution in [3.63, 3.8) is 0 Å². The van der Waals surface area contributed by atoms with E-state index in [9.17, 15) is 71.3 Å². The topological polar surface area (TPSA) is 173 Å². The minimum absolute atomic E-state index is 0. The van der Waals surface area contributed by atoms with Crippen molar-refractivity contribution in [1.82, 2.24) is 0 Å². The Labute approximate surface area is 353 Å². The average Bonchev–Trinajstić information content (AvgIpc) is 3.02. The number of phenols is 2. The van der Waals surface area contributed by atoms with Crippen LogP contribution in [0, 0.1) is 27.7 Å². The van der Waals surface area contributed by atoms with Crippen LogP contribution in [0.5, 0.6) is 23.0 Å². The molecule has 0 unspecified atom stereocenters. The molecule has 0 saturated carbocycles. The van der Waals surface area contributed by atoms with E-state index in [-0.39, 0.29) is 115 Å². The van der Waals surface area contributed by atoms with E-state index >= 15 is 0 Å². The molecule has 10 nitrogen and oxygen atoms in total. The number of hydrogen-bond acceptors (Lipinski definition) is 10. The van der Waals surface area contributed by atoms with Crippen LogP contribution >= 0.6 is 0 Å². The first-order chi connectivity index (χ1) is 24.0. The first-order valence-electron chi connectivity index (χ1n) is 14.6. The fourth-order valence-electron chi connectivity index (χ4n) is 5.60. The number of benzene rings is 4. The Kier molecular flexibility index (Phi) is 14.4. The molecule has 4 aromatic carbocycles. The van der Waals surface area contributed by atoms with Crippen LogP contribution in [0.4, 0.5) is 35.1 Å². The van der Waals surface area contributed by atoms with Crippen molar-refractivity contribution in [2.45, 2.75) is 55.8 Å². The Balaban J connectivity index is 0.00000523. The Bertz CT molecular complexity index is 2070. The summed E-state index contributed by atoms with van der Waals surface area (Å²) in [6, 6.07) is 12.8. The van der Waals surface area contributed by atoms with E-state index in [2.05, 4.69) is 9.47 Å². The minimum atomic E-state index is -6.92. The van der Waals surface area contributed by atoms with E-state index in [4.69, 9.17) is 0 Å². The van der Waals surface area contributed by atoms with Crippen molar-refractivity contribution < 1.29 is 140 Å². The number of rotatable bonds is 12.